The summed E-state index contributed by atoms with van der Waals surface area (Å²) in [5.41, 5.74) is 5.04. The van der Waals surface area contributed by atoms with Gasteiger partial charge in [-0.1, -0.05) is 63.2 Å². The topological polar surface area (TPSA) is 71.3 Å². The Labute approximate surface area is 182 Å². The standard InChI is InChI=1S/C25H27N5O/c1-17-10-11-19(14-20(17)28-24(31)25(2,3)4)21-16-30-23(27-21)13-12-22(29-30)26-15-18-8-6-5-7-9-18/h5-14,16H,15H2,1-4H3,(H,26,29)(H,28,31). The Kier molecular flexibility index (Phi) is 5.46. The van der Waals surface area contributed by atoms with Gasteiger partial charge >= 0.3 is 0 Å². The van der Waals surface area contributed by atoms with Crippen molar-refractivity contribution in [3.05, 3.63) is 78.0 Å². The van der Waals surface area contributed by atoms with Crippen molar-refractivity contribution in [3.63, 3.8) is 0 Å². The quantitative estimate of drug-likeness (QED) is 0.466. The fourth-order valence-corrected chi connectivity index (χ4v) is 3.13. The molecule has 6 nitrogen and oxygen atoms in total. The lowest BCUT2D eigenvalue weighted by molar-refractivity contribution is -0.123. The lowest BCUT2D eigenvalue weighted by Crippen LogP contribution is -2.27. The second-order valence-electron chi connectivity index (χ2n) is 8.72. The van der Waals surface area contributed by atoms with Crippen LogP contribution in [0.4, 0.5) is 11.5 Å². The van der Waals surface area contributed by atoms with Crippen molar-refractivity contribution in [1.29, 1.82) is 0 Å². The third-order valence-corrected chi connectivity index (χ3v) is 5.10. The van der Waals surface area contributed by atoms with E-state index in [0.717, 1.165) is 34.0 Å². The molecule has 0 aliphatic heterocycles. The van der Waals surface area contributed by atoms with Crippen LogP contribution in [-0.2, 0) is 11.3 Å². The number of nitrogens with one attached hydrogen (secondary N) is 2. The molecule has 0 spiro atoms. The van der Waals surface area contributed by atoms with Gasteiger partial charge in [0.15, 0.2) is 5.65 Å². The van der Waals surface area contributed by atoms with Gasteiger partial charge in [0, 0.05) is 23.2 Å². The van der Waals surface area contributed by atoms with Crippen LogP contribution in [0.5, 0.6) is 0 Å². The maximum absolute atomic E-state index is 12.4. The number of hydrogen-bond acceptors (Lipinski definition) is 4. The molecule has 0 saturated carbocycles. The molecule has 2 heterocycles. The SMILES string of the molecule is Cc1ccc(-c2cn3nc(NCc4ccccc4)ccc3n2)cc1NC(=O)C(C)(C)C. The first-order valence-corrected chi connectivity index (χ1v) is 10.4. The number of amides is 1. The summed E-state index contributed by atoms with van der Waals surface area (Å²) in [4.78, 5) is 17.1. The van der Waals surface area contributed by atoms with Crippen LogP contribution in [0.15, 0.2) is 66.9 Å². The lowest BCUT2D eigenvalue weighted by Gasteiger charge is -2.19. The van der Waals surface area contributed by atoms with E-state index in [2.05, 4.69) is 27.9 Å². The minimum Gasteiger partial charge on any atom is -0.365 e. The fourth-order valence-electron chi connectivity index (χ4n) is 3.13. The van der Waals surface area contributed by atoms with Crippen molar-refractivity contribution in [1.82, 2.24) is 14.6 Å². The second-order valence-corrected chi connectivity index (χ2v) is 8.72. The maximum atomic E-state index is 12.4. The first-order chi connectivity index (χ1) is 14.8. The summed E-state index contributed by atoms with van der Waals surface area (Å²) in [5, 5.41) is 11.0. The molecule has 6 heteroatoms. The fraction of sp³-hybridized carbons (Fsp3) is 0.240. The second kappa shape index (κ2) is 8.22. The van der Waals surface area contributed by atoms with Crippen molar-refractivity contribution in [3.8, 4) is 11.3 Å². The summed E-state index contributed by atoms with van der Waals surface area (Å²) >= 11 is 0. The van der Waals surface area contributed by atoms with E-state index < -0.39 is 5.41 Å². The summed E-state index contributed by atoms with van der Waals surface area (Å²) < 4.78 is 1.77. The van der Waals surface area contributed by atoms with Crippen LogP contribution in [0.1, 0.15) is 31.9 Å². The van der Waals surface area contributed by atoms with Crippen molar-refractivity contribution < 1.29 is 4.79 Å². The number of carbonyl (C=O) groups is 1. The number of rotatable bonds is 5. The number of hydrogen-bond donors (Lipinski definition) is 2. The Morgan fingerprint density at radius 3 is 2.55 bits per heavy atom. The molecule has 0 bridgehead atoms. The average molecular weight is 414 g/mol. The maximum Gasteiger partial charge on any atom is 0.229 e. The predicted octanol–water partition coefficient (Wildman–Crippen LogP) is 5.30. The van der Waals surface area contributed by atoms with Gasteiger partial charge in [-0.05, 0) is 36.2 Å². The summed E-state index contributed by atoms with van der Waals surface area (Å²) in [6, 6.07) is 20.1. The lowest BCUT2D eigenvalue weighted by atomic mass is 9.95. The molecule has 4 aromatic rings. The van der Waals surface area contributed by atoms with Crippen LogP contribution in [0.3, 0.4) is 0 Å². The molecular formula is C25H27N5O. The molecule has 0 atom stereocenters. The van der Waals surface area contributed by atoms with E-state index in [-0.39, 0.29) is 5.91 Å². The smallest absolute Gasteiger partial charge is 0.229 e. The molecule has 0 aliphatic rings. The predicted molar refractivity (Wildman–Crippen MR) is 125 cm³/mol. The van der Waals surface area contributed by atoms with Crippen LogP contribution in [0.2, 0.25) is 0 Å². The van der Waals surface area contributed by atoms with E-state index >= 15 is 0 Å². The highest BCUT2D eigenvalue weighted by molar-refractivity contribution is 5.95. The number of carbonyl (C=O) groups excluding carboxylic acids is 1. The number of nitrogens with zero attached hydrogens (tertiary/aromatic N) is 3. The summed E-state index contributed by atoms with van der Waals surface area (Å²) in [5.74, 6) is 0.765. The molecule has 1 amide bonds. The van der Waals surface area contributed by atoms with Crippen LogP contribution in [0.25, 0.3) is 16.9 Å². The Balaban J connectivity index is 1.57. The van der Waals surface area contributed by atoms with E-state index in [1.807, 2.05) is 82.4 Å². The minimum atomic E-state index is -0.460. The molecule has 0 radical (unpaired) electrons. The normalized spacial score (nSPS) is 11.5. The van der Waals surface area contributed by atoms with Crippen LogP contribution < -0.4 is 10.6 Å². The molecule has 158 valence electrons. The number of aryl methyl sites for hydroxylation is 1. The Morgan fingerprint density at radius 1 is 1.03 bits per heavy atom. The number of anilines is 2. The molecule has 2 aromatic carbocycles. The number of aromatic nitrogens is 3. The Morgan fingerprint density at radius 2 is 1.81 bits per heavy atom. The van der Waals surface area contributed by atoms with Crippen LogP contribution in [-0.4, -0.2) is 20.5 Å². The summed E-state index contributed by atoms with van der Waals surface area (Å²) in [6.07, 6.45) is 1.91. The molecule has 31 heavy (non-hydrogen) atoms. The Hall–Kier alpha value is -3.67. The van der Waals surface area contributed by atoms with E-state index in [1.165, 1.54) is 5.56 Å². The molecule has 4 rings (SSSR count). The third-order valence-electron chi connectivity index (χ3n) is 5.10. The zero-order chi connectivity index (χ0) is 22.0. The summed E-state index contributed by atoms with van der Waals surface area (Å²) in [6.45, 7) is 8.39. The van der Waals surface area contributed by atoms with Gasteiger partial charge < -0.3 is 10.6 Å². The van der Waals surface area contributed by atoms with E-state index in [0.29, 0.717) is 6.54 Å². The molecular weight excluding hydrogens is 386 g/mol. The molecule has 0 fully saturated rings. The van der Waals surface area contributed by atoms with E-state index in [4.69, 9.17) is 4.98 Å². The van der Waals surface area contributed by atoms with E-state index in [1.54, 1.807) is 4.52 Å². The van der Waals surface area contributed by atoms with Crippen molar-refractivity contribution in [2.24, 2.45) is 5.41 Å². The third kappa shape index (κ3) is 4.74. The molecule has 0 saturated heterocycles. The average Bonchev–Trinajstić information content (AvgIpc) is 3.17. The van der Waals surface area contributed by atoms with Crippen molar-refractivity contribution in [2.75, 3.05) is 10.6 Å². The van der Waals surface area contributed by atoms with Gasteiger partial charge in [0.1, 0.15) is 5.82 Å². The molecule has 2 aromatic heterocycles. The monoisotopic (exact) mass is 413 g/mol. The molecule has 0 aliphatic carbocycles. The van der Waals surface area contributed by atoms with Gasteiger partial charge in [-0.25, -0.2) is 9.50 Å². The zero-order valence-electron chi connectivity index (χ0n) is 18.3. The van der Waals surface area contributed by atoms with Gasteiger partial charge in [-0.15, -0.1) is 5.10 Å². The van der Waals surface area contributed by atoms with Crippen molar-refractivity contribution >= 4 is 23.1 Å². The van der Waals surface area contributed by atoms with Gasteiger partial charge in [-0.2, -0.15) is 0 Å². The zero-order valence-corrected chi connectivity index (χ0v) is 18.3. The van der Waals surface area contributed by atoms with Crippen LogP contribution >= 0.6 is 0 Å². The highest BCUT2D eigenvalue weighted by Gasteiger charge is 2.22. The number of fused-ring (bicyclic) bond motifs is 1. The van der Waals surface area contributed by atoms with Crippen LogP contribution in [0, 0.1) is 12.3 Å². The summed E-state index contributed by atoms with van der Waals surface area (Å²) in [7, 11) is 0. The highest BCUT2D eigenvalue weighted by Crippen LogP contribution is 2.27. The highest BCUT2D eigenvalue weighted by atomic mass is 16.2. The molecule has 0 unspecified atom stereocenters. The Bertz CT molecular complexity index is 1220. The molecule has 2 N–H and O–H groups in total. The first kappa shape index (κ1) is 20.6. The minimum absolute atomic E-state index is 0.0152. The largest absolute Gasteiger partial charge is 0.365 e. The number of imidazole rings is 1. The van der Waals surface area contributed by atoms with Crippen molar-refractivity contribution in [2.45, 2.75) is 34.2 Å². The number of benzene rings is 2. The first-order valence-electron chi connectivity index (χ1n) is 10.4. The van der Waals surface area contributed by atoms with Gasteiger partial charge in [0.05, 0.1) is 11.9 Å². The van der Waals surface area contributed by atoms with Gasteiger partial charge in [0.25, 0.3) is 0 Å². The van der Waals surface area contributed by atoms with Gasteiger partial charge in [0.2, 0.25) is 5.91 Å². The van der Waals surface area contributed by atoms with E-state index in [9.17, 15) is 4.79 Å². The van der Waals surface area contributed by atoms with Gasteiger partial charge in [-0.3, -0.25) is 4.79 Å².